The summed E-state index contributed by atoms with van der Waals surface area (Å²) in [5, 5.41) is 9.00. The first-order valence-electron chi connectivity index (χ1n) is 2.82. The van der Waals surface area contributed by atoms with E-state index in [9.17, 15) is 0 Å². The lowest BCUT2D eigenvalue weighted by atomic mass is 10.1. The summed E-state index contributed by atoms with van der Waals surface area (Å²) >= 11 is 0. The molecular weight excluding hydrogens is 100 g/mol. The van der Waals surface area contributed by atoms with Crippen LogP contribution < -0.4 is 0 Å². The van der Waals surface area contributed by atoms with Crippen molar-refractivity contribution in [1.29, 1.82) is 0 Å². The topological polar surface area (TPSA) is 20.2 Å². The molecule has 1 N–H and O–H groups in total. The van der Waals surface area contributed by atoms with Crippen LogP contribution >= 0.6 is 0 Å². The Morgan fingerprint density at radius 3 is 2.12 bits per heavy atom. The van der Waals surface area contributed by atoms with Crippen molar-refractivity contribution in [3.8, 4) is 0 Å². The van der Waals surface area contributed by atoms with Gasteiger partial charge >= 0.3 is 0 Å². The third kappa shape index (κ3) is 2.80. The fourth-order valence-electron chi connectivity index (χ4n) is 0.362. The van der Waals surface area contributed by atoms with E-state index in [-0.39, 0.29) is 6.10 Å². The summed E-state index contributed by atoms with van der Waals surface area (Å²) in [4.78, 5) is 0. The molecule has 0 aliphatic carbocycles. The Kier molecular flexibility index (Phi) is 3.53. The third-order valence-corrected chi connectivity index (χ3v) is 1.02. The highest BCUT2D eigenvalue weighted by Crippen LogP contribution is 2.00. The van der Waals surface area contributed by atoms with Crippen molar-refractivity contribution in [2.45, 2.75) is 20.0 Å². The second-order valence-corrected chi connectivity index (χ2v) is 2.16. The normalized spacial score (nSPS) is 15.6. The minimum absolute atomic E-state index is 0.299. The molecule has 0 rings (SSSR count). The number of hydrogen-bond donors (Lipinski definition) is 1. The lowest BCUT2D eigenvalue weighted by Gasteiger charge is -2.07. The molecule has 0 saturated heterocycles. The Morgan fingerprint density at radius 1 is 1.50 bits per heavy atom. The molecule has 0 aliphatic rings. The van der Waals surface area contributed by atoms with E-state index < -0.39 is 0 Å². The van der Waals surface area contributed by atoms with Gasteiger partial charge < -0.3 is 5.11 Å². The number of hydrogen-bond acceptors (Lipinski definition) is 1. The maximum atomic E-state index is 9.00. The molecule has 0 aromatic heterocycles. The van der Waals surface area contributed by atoms with Gasteiger partial charge in [0, 0.05) is 0 Å². The van der Waals surface area contributed by atoms with E-state index in [1.54, 1.807) is 12.2 Å². The van der Waals surface area contributed by atoms with Crippen LogP contribution in [-0.2, 0) is 0 Å². The van der Waals surface area contributed by atoms with E-state index in [2.05, 4.69) is 6.92 Å². The van der Waals surface area contributed by atoms with Gasteiger partial charge in [-0.15, -0.1) is 0 Å². The molecule has 47 valence electrons. The molecule has 0 amide bonds. The van der Waals surface area contributed by atoms with Gasteiger partial charge in [-0.05, 0) is 12.8 Å². The zero-order chi connectivity index (χ0) is 6.57. The van der Waals surface area contributed by atoms with Crippen molar-refractivity contribution in [3.05, 3.63) is 19.1 Å². The fraction of sp³-hybridized carbons (Fsp3) is 0.571. The highest BCUT2D eigenvalue weighted by Gasteiger charge is 2.01. The van der Waals surface area contributed by atoms with Gasteiger partial charge in [0.1, 0.15) is 0 Å². The van der Waals surface area contributed by atoms with Crippen molar-refractivity contribution in [2.75, 3.05) is 0 Å². The average molecular weight is 113 g/mol. The molecule has 1 nitrogen and oxygen atoms in total. The second kappa shape index (κ2) is 3.67. The van der Waals surface area contributed by atoms with Crippen molar-refractivity contribution < 1.29 is 5.11 Å². The first kappa shape index (κ1) is 7.70. The standard InChI is InChI=1S/C7H13O/c1-4-5-7(8)6(2)3/h4-8H,1H2,2-3H3. The fourth-order valence-corrected chi connectivity index (χ4v) is 0.362. The maximum absolute atomic E-state index is 9.00. The average Bonchev–Trinajstić information content (AvgIpc) is 1.67. The van der Waals surface area contributed by atoms with Crippen LogP contribution in [0.3, 0.4) is 0 Å². The molecular formula is C7H13O. The van der Waals surface area contributed by atoms with Crippen LogP contribution in [0.4, 0.5) is 0 Å². The molecule has 0 aromatic carbocycles. The summed E-state index contributed by atoms with van der Waals surface area (Å²) in [7, 11) is 0. The highest BCUT2D eigenvalue weighted by molar-refractivity contribution is 4.91. The van der Waals surface area contributed by atoms with Crippen LogP contribution in [-0.4, -0.2) is 11.2 Å². The molecule has 1 heteroatoms. The van der Waals surface area contributed by atoms with Crippen molar-refractivity contribution in [3.63, 3.8) is 0 Å². The van der Waals surface area contributed by atoms with Crippen molar-refractivity contribution in [1.82, 2.24) is 0 Å². The predicted molar refractivity (Wildman–Crippen MR) is 35.3 cm³/mol. The van der Waals surface area contributed by atoms with Crippen LogP contribution in [0.1, 0.15) is 13.8 Å². The zero-order valence-electron chi connectivity index (χ0n) is 5.46. The minimum atomic E-state index is -0.326. The molecule has 0 bridgehead atoms. The SMILES string of the molecule is [CH2]C=CC(O)C(C)C. The van der Waals surface area contributed by atoms with E-state index in [0.29, 0.717) is 5.92 Å². The van der Waals surface area contributed by atoms with Gasteiger partial charge in [-0.25, -0.2) is 0 Å². The number of aliphatic hydroxyl groups is 1. The number of rotatable bonds is 2. The molecule has 0 aromatic rings. The lowest BCUT2D eigenvalue weighted by molar-refractivity contribution is 0.172. The minimum Gasteiger partial charge on any atom is -0.389 e. The van der Waals surface area contributed by atoms with E-state index in [1.165, 1.54) is 0 Å². The molecule has 0 aliphatic heterocycles. The Morgan fingerprint density at radius 2 is 2.00 bits per heavy atom. The predicted octanol–water partition coefficient (Wildman–Crippen LogP) is 1.39. The molecule has 1 unspecified atom stereocenters. The highest BCUT2D eigenvalue weighted by atomic mass is 16.3. The van der Waals surface area contributed by atoms with E-state index in [1.807, 2.05) is 13.8 Å². The van der Waals surface area contributed by atoms with Gasteiger partial charge in [0.25, 0.3) is 0 Å². The van der Waals surface area contributed by atoms with Gasteiger partial charge in [-0.3, -0.25) is 0 Å². The Hall–Kier alpha value is -0.300. The summed E-state index contributed by atoms with van der Waals surface area (Å²) in [5.41, 5.74) is 0. The van der Waals surface area contributed by atoms with Gasteiger partial charge in [0.05, 0.1) is 6.10 Å². The van der Waals surface area contributed by atoms with Crippen LogP contribution in [0.2, 0.25) is 0 Å². The molecule has 0 fully saturated rings. The van der Waals surface area contributed by atoms with E-state index >= 15 is 0 Å². The Balaban J connectivity index is 3.47. The van der Waals surface area contributed by atoms with Crippen molar-refractivity contribution in [2.24, 2.45) is 5.92 Å². The summed E-state index contributed by atoms with van der Waals surface area (Å²) in [5.74, 6) is 0.299. The van der Waals surface area contributed by atoms with E-state index in [0.717, 1.165) is 0 Å². The summed E-state index contributed by atoms with van der Waals surface area (Å²) in [6.45, 7) is 7.39. The summed E-state index contributed by atoms with van der Waals surface area (Å²) < 4.78 is 0. The van der Waals surface area contributed by atoms with Crippen LogP contribution in [0, 0.1) is 12.8 Å². The van der Waals surface area contributed by atoms with Crippen LogP contribution in [0.15, 0.2) is 12.2 Å². The van der Waals surface area contributed by atoms with Crippen molar-refractivity contribution >= 4 is 0 Å². The second-order valence-electron chi connectivity index (χ2n) is 2.16. The Labute approximate surface area is 51.0 Å². The maximum Gasteiger partial charge on any atom is 0.0743 e. The number of allylic oxidation sites excluding steroid dienone is 1. The zero-order valence-corrected chi connectivity index (χ0v) is 5.46. The molecule has 8 heavy (non-hydrogen) atoms. The number of aliphatic hydroxyl groups excluding tert-OH is 1. The first-order valence-corrected chi connectivity index (χ1v) is 2.82. The largest absolute Gasteiger partial charge is 0.389 e. The summed E-state index contributed by atoms with van der Waals surface area (Å²) in [6.07, 6.45) is 2.97. The molecule has 1 atom stereocenters. The van der Waals surface area contributed by atoms with Gasteiger partial charge in [-0.2, -0.15) is 0 Å². The van der Waals surface area contributed by atoms with Gasteiger partial charge in [-0.1, -0.05) is 26.0 Å². The smallest absolute Gasteiger partial charge is 0.0743 e. The van der Waals surface area contributed by atoms with Crippen LogP contribution in [0.5, 0.6) is 0 Å². The lowest BCUT2D eigenvalue weighted by Crippen LogP contribution is -2.10. The Bertz CT molecular complexity index is 74.5. The molecule has 1 radical (unpaired) electrons. The van der Waals surface area contributed by atoms with Gasteiger partial charge in [0.2, 0.25) is 0 Å². The molecule has 0 spiro atoms. The van der Waals surface area contributed by atoms with Gasteiger partial charge in [0.15, 0.2) is 0 Å². The molecule has 0 heterocycles. The van der Waals surface area contributed by atoms with E-state index in [4.69, 9.17) is 5.11 Å². The third-order valence-electron chi connectivity index (χ3n) is 1.02. The first-order chi connectivity index (χ1) is 3.68. The van der Waals surface area contributed by atoms with Crippen LogP contribution in [0.25, 0.3) is 0 Å². The molecule has 0 saturated carbocycles. The quantitative estimate of drug-likeness (QED) is 0.573. The summed E-state index contributed by atoms with van der Waals surface area (Å²) in [6, 6.07) is 0. The monoisotopic (exact) mass is 113 g/mol.